The minimum atomic E-state index is -2.87. The van der Waals surface area contributed by atoms with Crippen molar-refractivity contribution in [2.45, 2.75) is 30.6 Å². The molecule has 1 aromatic heterocycles. The molecule has 2 atom stereocenters. The van der Waals surface area contributed by atoms with E-state index < -0.39 is 9.84 Å². The summed E-state index contributed by atoms with van der Waals surface area (Å²) in [6, 6.07) is 4.07. The number of carbonyl (C=O) groups excluding carboxylic acids is 1. The molecule has 2 aliphatic rings. The van der Waals surface area contributed by atoms with Crippen molar-refractivity contribution < 1.29 is 13.2 Å². The first-order chi connectivity index (χ1) is 10.6. The van der Waals surface area contributed by atoms with Gasteiger partial charge in [0.1, 0.15) is 0 Å². The lowest BCUT2D eigenvalue weighted by Crippen LogP contribution is -2.32. The van der Waals surface area contributed by atoms with Gasteiger partial charge in [-0.25, -0.2) is 8.42 Å². The van der Waals surface area contributed by atoms with E-state index in [2.05, 4.69) is 4.98 Å². The molecule has 0 aromatic carbocycles. The molecule has 120 valence electrons. The fourth-order valence-electron chi connectivity index (χ4n) is 3.16. The Morgan fingerprint density at radius 1 is 1.32 bits per heavy atom. The Bertz CT molecular complexity index is 633. The van der Waals surface area contributed by atoms with Gasteiger partial charge in [0.2, 0.25) is 5.91 Å². The Hall–Kier alpha value is -1.08. The van der Waals surface area contributed by atoms with Gasteiger partial charge in [-0.05, 0) is 37.0 Å². The van der Waals surface area contributed by atoms with Crippen molar-refractivity contribution in [3.05, 3.63) is 30.1 Å². The molecule has 0 N–H and O–H groups in total. The Balaban J connectivity index is 1.58. The third kappa shape index (κ3) is 3.63. The number of likely N-dealkylation sites (tertiary alicyclic amines) is 1. The fourth-order valence-corrected chi connectivity index (χ4v) is 6.69. The van der Waals surface area contributed by atoms with Crippen LogP contribution in [0.3, 0.4) is 0 Å². The van der Waals surface area contributed by atoms with Gasteiger partial charge in [-0.3, -0.25) is 9.78 Å². The minimum Gasteiger partial charge on any atom is -0.335 e. The van der Waals surface area contributed by atoms with E-state index in [9.17, 15) is 13.2 Å². The number of carbonyl (C=O) groups is 1. The Morgan fingerprint density at radius 3 is 2.77 bits per heavy atom. The number of thioether (sulfide) groups is 1. The van der Waals surface area contributed by atoms with E-state index in [0.29, 0.717) is 12.2 Å². The maximum Gasteiger partial charge on any atom is 0.233 e. The number of pyridine rings is 1. The molecule has 2 saturated heterocycles. The van der Waals surface area contributed by atoms with Crippen LogP contribution in [0.2, 0.25) is 0 Å². The molecule has 0 spiro atoms. The van der Waals surface area contributed by atoms with Gasteiger partial charge in [-0.15, -0.1) is 11.8 Å². The molecule has 1 amide bonds. The van der Waals surface area contributed by atoms with Crippen molar-refractivity contribution in [3.8, 4) is 0 Å². The fraction of sp³-hybridized carbons (Fsp3) is 0.600. The quantitative estimate of drug-likeness (QED) is 0.834. The van der Waals surface area contributed by atoms with E-state index in [-0.39, 0.29) is 28.7 Å². The summed E-state index contributed by atoms with van der Waals surface area (Å²) in [5.41, 5.74) is 1.13. The van der Waals surface area contributed by atoms with Crippen LogP contribution in [0.5, 0.6) is 0 Å². The average molecular weight is 340 g/mol. The molecule has 0 aliphatic carbocycles. The molecular weight excluding hydrogens is 320 g/mol. The van der Waals surface area contributed by atoms with Crippen LogP contribution < -0.4 is 0 Å². The van der Waals surface area contributed by atoms with Crippen LogP contribution in [0, 0.1) is 0 Å². The zero-order valence-electron chi connectivity index (χ0n) is 12.3. The standard InChI is InChI=1S/C15H20N2O3S2/c18-15(10-21-13-5-9-22(19,20)11-13)17-8-1-2-14(17)12-3-6-16-7-4-12/h3-4,6-7,13-14H,1-2,5,8-11H2/t13-,14-/m1/s1. The SMILES string of the molecule is O=C(CS[C@@H]1CCS(=O)(=O)C1)N1CCC[C@@H]1c1ccncc1. The number of hydrogen-bond donors (Lipinski definition) is 0. The van der Waals surface area contributed by atoms with Gasteiger partial charge in [0.25, 0.3) is 0 Å². The van der Waals surface area contributed by atoms with Crippen molar-refractivity contribution in [1.82, 2.24) is 9.88 Å². The lowest BCUT2D eigenvalue weighted by molar-refractivity contribution is -0.129. The highest BCUT2D eigenvalue weighted by Gasteiger charge is 2.32. The molecule has 2 aliphatic heterocycles. The number of rotatable bonds is 4. The van der Waals surface area contributed by atoms with E-state index in [1.54, 1.807) is 12.4 Å². The molecular formula is C15H20N2O3S2. The summed E-state index contributed by atoms with van der Waals surface area (Å²) in [5.74, 6) is 0.983. The number of aromatic nitrogens is 1. The molecule has 5 nitrogen and oxygen atoms in total. The van der Waals surface area contributed by atoms with Gasteiger partial charge in [-0.2, -0.15) is 0 Å². The second-order valence-electron chi connectivity index (χ2n) is 5.86. The van der Waals surface area contributed by atoms with Crippen LogP contribution in [-0.4, -0.2) is 53.3 Å². The van der Waals surface area contributed by atoms with Crippen molar-refractivity contribution in [2.75, 3.05) is 23.8 Å². The summed E-state index contributed by atoms with van der Waals surface area (Å²) < 4.78 is 22.9. The molecule has 0 saturated carbocycles. The summed E-state index contributed by atoms with van der Waals surface area (Å²) in [5, 5.41) is 0.0796. The zero-order valence-corrected chi connectivity index (χ0v) is 14.0. The number of sulfone groups is 1. The molecule has 1 aromatic rings. The normalized spacial score (nSPS) is 27.2. The van der Waals surface area contributed by atoms with Gasteiger partial charge >= 0.3 is 0 Å². The molecule has 0 bridgehead atoms. The predicted molar refractivity (Wildman–Crippen MR) is 87.4 cm³/mol. The maximum atomic E-state index is 12.5. The van der Waals surface area contributed by atoms with E-state index >= 15 is 0 Å². The van der Waals surface area contributed by atoms with Crippen LogP contribution in [0.15, 0.2) is 24.5 Å². The topological polar surface area (TPSA) is 67.3 Å². The lowest BCUT2D eigenvalue weighted by atomic mass is 10.1. The van der Waals surface area contributed by atoms with Crippen LogP contribution in [0.1, 0.15) is 30.9 Å². The monoisotopic (exact) mass is 340 g/mol. The summed E-state index contributed by atoms with van der Waals surface area (Å²) in [6.07, 6.45) is 6.19. The lowest BCUT2D eigenvalue weighted by Gasteiger charge is -2.25. The first kappa shape index (κ1) is 15.8. The molecule has 0 unspecified atom stereocenters. The van der Waals surface area contributed by atoms with Crippen molar-refractivity contribution >= 4 is 27.5 Å². The first-order valence-electron chi connectivity index (χ1n) is 7.56. The van der Waals surface area contributed by atoms with Crippen molar-refractivity contribution in [2.24, 2.45) is 0 Å². The first-order valence-corrected chi connectivity index (χ1v) is 10.4. The summed E-state index contributed by atoms with van der Waals surface area (Å²) >= 11 is 1.50. The van der Waals surface area contributed by atoms with Crippen molar-refractivity contribution in [1.29, 1.82) is 0 Å². The molecule has 22 heavy (non-hydrogen) atoms. The van der Waals surface area contributed by atoms with E-state index in [1.807, 2.05) is 17.0 Å². The van der Waals surface area contributed by atoms with Crippen LogP contribution >= 0.6 is 11.8 Å². The van der Waals surface area contributed by atoms with Crippen LogP contribution in [0.4, 0.5) is 0 Å². The van der Waals surface area contributed by atoms with Gasteiger partial charge in [0, 0.05) is 24.2 Å². The van der Waals surface area contributed by atoms with Gasteiger partial charge in [-0.1, -0.05) is 0 Å². The average Bonchev–Trinajstić information content (AvgIpc) is 3.12. The van der Waals surface area contributed by atoms with Gasteiger partial charge in [0.15, 0.2) is 9.84 Å². The molecule has 7 heteroatoms. The zero-order chi connectivity index (χ0) is 15.6. The number of hydrogen-bond acceptors (Lipinski definition) is 5. The third-order valence-electron chi connectivity index (χ3n) is 4.30. The summed E-state index contributed by atoms with van der Waals surface area (Å²) in [7, 11) is -2.87. The highest BCUT2D eigenvalue weighted by atomic mass is 32.2. The van der Waals surface area contributed by atoms with Crippen LogP contribution in [0.25, 0.3) is 0 Å². The Kier molecular flexibility index (Phi) is 4.73. The largest absolute Gasteiger partial charge is 0.335 e. The number of nitrogens with zero attached hydrogens (tertiary/aromatic N) is 2. The third-order valence-corrected chi connectivity index (χ3v) is 7.56. The highest BCUT2D eigenvalue weighted by Crippen LogP contribution is 2.33. The molecule has 0 radical (unpaired) electrons. The van der Waals surface area contributed by atoms with E-state index in [1.165, 1.54) is 11.8 Å². The van der Waals surface area contributed by atoms with E-state index in [0.717, 1.165) is 24.9 Å². The highest BCUT2D eigenvalue weighted by molar-refractivity contribution is 8.02. The van der Waals surface area contributed by atoms with Crippen LogP contribution in [-0.2, 0) is 14.6 Å². The smallest absolute Gasteiger partial charge is 0.233 e. The molecule has 3 rings (SSSR count). The summed E-state index contributed by atoms with van der Waals surface area (Å²) in [4.78, 5) is 18.4. The predicted octanol–water partition coefficient (Wildman–Crippen LogP) is 1.67. The van der Waals surface area contributed by atoms with Gasteiger partial charge in [0.05, 0.1) is 23.3 Å². The molecule has 3 heterocycles. The second-order valence-corrected chi connectivity index (χ2v) is 9.38. The van der Waals surface area contributed by atoms with Crippen molar-refractivity contribution in [3.63, 3.8) is 0 Å². The second kappa shape index (κ2) is 6.58. The Morgan fingerprint density at radius 2 is 2.09 bits per heavy atom. The van der Waals surface area contributed by atoms with Gasteiger partial charge < -0.3 is 4.90 Å². The Labute approximate surface area is 135 Å². The summed E-state index contributed by atoms with van der Waals surface area (Å²) in [6.45, 7) is 0.787. The minimum absolute atomic E-state index is 0.0796. The molecule has 2 fully saturated rings. The van der Waals surface area contributed by atoms with E-state index in [4.69, 9.17) is 0 Å². The maximum absolute atomic E-state index is 12.5. The number of amides is 1.